The summed E-state index contributed by atoms with van der Waals surface area (Å²) >= 11 is 0. The van der Waals surface area contributed by atoms with E-state index in [1.165, 1.54) is 37.8 Å². The van der Waals surface area contributed by atoms with Gasteiger partial charge in [-0.15, -0.1) is 0 Å². The SMILES string of the molecule is Cc1cc(NC(C)C2CCCCC2)ccn1. The summed E-state index contributed by atoms with van der Waals surface area (Å²) in [6.07, 6.45) is 8.90. The lowest BCUT2D eigenvalue weighted by Crippen LogP contribution is -2.27. The van der Waals surface area contributed by atoms with Crippen LogP contribution in [0.4, 0.5) is 5.69 Å². The van der Waals surface area contributed by atoms with Gasteiger partial charge in [0, 0.05) is 23.6 Å². The first-order chi connectivity index (χ1) is 7.75. The van der Waals surface area contributed by atoms with Crippen molar-refractivity contribution in [2.24, 2.45) is 5.92 Å². The van der Waals surface area contributed by atoms with Crippen molar-refractivity contribution in [1.82, 2.24) is 4.98 Å². The first-order valence-corrected chi connectivity index (χ1v) is 6.45. The van der Waals surface area contributed by atoms with E-state index in [0.29, 0.717) is 6.04 Å². The van der Waals surface area contributed by atoms with E-state index in [4.69, 9.17) is 0 Å². The summed E-state index contributed by atoms with van der Waals surface area (Å²) < 4.78 is 0. The normalized spacial score (nSPS) is 19.4. The Morgan fingerprint density at radius 1 is 1.31 bits per heavy atom. The van der Waals surface area contributed by atoms with Gasteiger partial charge in [-0.2, -0.15) is 0 Å². The Balaban J connectivity index is 1.93. The minimum atomic E-state index is 0.585. The molecule has 1 unspecified atom stereocenters. The molecule has 0 radical (unpaired) electrons. The molecule has 2 rings (SSSR count). The molecule has 1 aromatic rings. The Labute approximate surface area is 98.5 Å². The molecular weight excluding hydrogens is 196 g/mol. The molecule has 2 heteroatoms. The van der Waals surface area contributed by atoms with Crippen molar-refractivity contribution in [3.63, 3.8) is 0 Å². The zero-order valence-corrected chi connectivity index (χ0v) is 10.4. The van der Waals surface area contributed by atoms with E-state index in [1.807, 2.05) is 13.1 Å². The maximum Gasteiger partial charge on any atom is 0.0393 e. The van der Waals surface area contributed by atoms with Crippen LogP contribution in [0.1, 0.15) is 44.7 Å². The largest absolute Gasteiger partial charge is 0.382 e. The van der Waals surface area contributed by atoms with Gasteiger partial charge in [-0.05, 0) is 44.7 Å². The molecule has 0 aromatic carbocycles. The molecule has 1 atom stereocenters. The summed E-state index contributed by atoms with van der Waals surface area (Å²) in [5, 5.41) is 3.61. The highest BCUT2D eigenvalue weighted by molar-refractivity contribution is 5.43. The van der Waals surface area contributed by atoms with Crippen molar-refractivity contribution < 1.29 is 0 Å². The molecule has 1 saturated carbocycles. The molecule has 0 aliphatic heterocycles. The third kappa shape index (κ3) is 2.97. The quantitative estimate of drug-likeness (QED) is 0.835. The van der Waals surface area contributed by atoms with Gasteiger partial charge in [0.15, 0.2) is 0 Å². The fraction of sp³-hybridized carbons (Fsp3) is 0.643. The van der Waals surface area contributed by atoms with Crippen molar-refractivity contribution in [2.45, 2.75) is 52.0 Å². The van der Waals surface area contributed by atoms with Crippen LogP contribution >= 0.6 is 0 Å². The van der Waals surface area contributed by atoms with Crippen LogP contribution in [0.25, 0.3) is 0 Å². The molecule has 0 amide bonds. The lowest BCUT2D eigenvalue weighted by atomic mass is 9.84. The Morgan fingerprint density at radius 3 is 2.75 bits per heavy atom. The molecule has 1 aliphatic carbocycles. The smallest absolute Gasteiger partial charge is 0.0393 e. The molecule has 1 N–H and O–H groups in total. The van der Waals surface area contributed by atoms with E-state index in [2.05, 4.69) is 29.4 Å². The first kappa shape index (κ1) is 11.4. The molecule has 2 nitrogen and oxygen atoms in total. The molecule has 0 saturated heterocycles. The maximum absolute atomic E-state index is 4.22. The van der Waals surface area contributed by atoms with Crippen molar-refractivity contribution in [3.05, 3.63) is 24.0 Å². The van der Waals surface area contributed by atoms with Crippen molar-refractivity contribution in [3.8, 4) is 0 Å². The molecule has 1 fully saturated rings. The lowest BCUT2D eigenvalue weighted by Gasteiger charge is -2.29. The average molecular weight is 218 g/mol. The van der Waals surface area contributed by atoms with Gasteiger partial charge < -0.3 is 5.32 Å². The second-order valence-corrected chi connectivity index (χ2v) is 5.02. The maximum atomic E-state index is 4.22. The van der Waals surface area contributed by atoms with E-state index >= 15 is 0 Å². The Hall–Kier alpha value is -1.05. The number of anilines is 1. The van der Waals surface area contributed by atoms with Gasteiger partial charge >= 0.3 is 0 Å². The number of hydrogen-bond donors (Lipinski definition) is 1. The number of pyridine rings is 1. The van der Waals surface area contributed by atoms with Crippen LogP contribution < -0.4 is 5.32 Å². The summed E-state index contributed by atoms with van der Waals surface area (Å²) in [5.41, 5.74) is 2.30. The summed E-state index contributed by atoms with van der Waals surface area (Å²) in [7, 11) is 0. The minimum Gasteiger partial charge on any atom is -0.382 e. The molecule has 1 heterocycles. The second kappa shape index (κ2) is 5.33. The van der Waals surface area contributed by atoms with Crippen LogP contribution in [-0.2, 0) is 0 Å². The number of rotatable bonds is 3. The number of nitrogens with zero attached hydrogens (tertiary/aromatic N) is 1. The lowest BCUT2D eigenvalue weighted by molar-refractivity contribution is 0.328. The van der Waals surface area contributed by atoms with Gasteiger partial charge in [0.1, 0.15) is 0 Å². The van der Waals surface area contributed by atoms with Crippen molar-refractivity contribution in [1.29, 1.82) is 0 Å². The Morgan fingerprint density at radius 2 is 2.06 bits per heavy atom. The van der Waals surface area contributed by atoms with Crippen LogP contribution in [0, 0.1) is 12.8 Å². The van der Waals surface area contributed by atoms with Gasteiger partial charge in [0.05, 0.1) is 0 Å². The first-order valence-electron chi connectivity index (χ1n) is 6.45. The van der Waals surface area contributed by atoms with Crippen LogP contribution in [0.15, 0.2) is 18.3 Å². The van der Waals surface area contributed by atoms with Crippen molar-refractivity contribution >= 4 is 5.69 Å². The summed E-state index contributed by atoms with van der Waals surface area (Å²) in [6, 6.07) is 4.77. The molecular formula is C14H22N2. The molecule has 0 spiro atoms. The highest BCUT2D eigenvalue weighted by Gasteiger charge is 2.19. The molecule has 16 heavy (non-hydrogen) atoms. The van der Waals surface area contributed by atoms with Crippen LogP contribution in [-0.4, -0.2) is 11.0 Å². The van der Waals surface area contributed by atoms with Crippen molar-refractivity contribution in [2.75, 3.05) is 5.32 Å². The van der Waals surface area contributed by atoms with E-state index in [1.54, 1.807) is 0 Å². The third-order valence-corrected chi connectivity index (χ3v) is 3.65. The average Bonchev–Trinajstić information content (AvgIpc) is 2.30. The fourth-order valence-corrected chi connectivity index (χ4v) is 2.65. The number of hydrogen-bond acceptors (Lipinski definition) is 2. The van der Waals surface area contributed by atoms with Crippen LogP contribution in [0.3, 0.4) is 0 Å². The van der Waals surface area contributed by atoms with Gasteiger partial charge in [0.2, 0.25) is 0 Å². The number of aryl methyl sites for hydroxylation is 1. The molecule has 1 aromatic heterocycles. The second-order valence-electron chi connectivity index (χ2n) is 5.02. The zero-order chi connectivity index (χ0) is 11.4. The molecule has 88 valence electrons. The summed E-state index contributed by atoms with van der Waals surface area (Å²) in [5.74, 6) is 0.849. The molecule has 0 bridgehead atoms. The summed E-state index contributed by atoms with van der Waals surface area (Å²) in [6.45, 7) is 4.35. The highest BCUT2D eigenvalue weighted by atomic mass is 14.9. The highest BCUT2D eigenvalue weighted by Crippen LogP contribution is 2.27. The van der Waals surface area contributed by atoms with E-state index in [9.17, 15) is 0 Å². The van der Waals surface area contributed by atoms with Gasteiger partial charge in [-0.1, -0.05) is 19.3 Å². The van der Waals surface area contributed by atoms with Crippen LogP contribution in [0.2, 0.25) is 0 Å². The zero-order valence-electron chi connectivity index (χ0n) is 10.4. The van der Waals surface area contributed by atoms with E-state index < -0.39 is 0 Å². The van der Waals surface area contributed by atoms with Gasteiger partial charge in [-0.3, -0.25) is 4.98 Å². The van der Waals surface area contributed by atoms with E-state index in [0.717, 1.165) is 11.6 Å². The topological polar surface area (TPSA) is 24.9 Å². The Bertz CT molecular complexity index is 329. The minimum absolute atomic E-state index is 0.585. The third-order valence-electron chi connectivity index (χ3n) is 3.65. The number of aromatic nitrogens is 1. The van der Waals surface area contributed by atoms with E-state index in [-0.39, 0.29) is 0 Å². The Kier molecular flexibility index (Phi) is 3.81. The number of nitrogens with one attached hydrogen (secondary N) is 1. The fourth-order valence-electron chi connectivity index (χ4n) is 2.65. The monoisotopic (exact) mass is 218 g/mol. The predicted molar refractivity (Wildman–Crippen MR) is 68.6 cm³/mol. The standard InChI is InChI=1S/C14H22N2/c1-11-10-14(8-9-15-11)16-12(2)13-6-4-3-5-7-13/h8-10,12-13H,3-7H2,1-2H3,(H,15,16). The molecule has 1 aliphatic rings. The summed E-state index contributed by atoms with van der Waals surface area (Å²) in [4.78, 5) is 4.22. The van der Waals surface area contributed by atoms with Gasteiger partial charge in [0.25, 0.3) is 0 Å². The van der Waals surface area contributed by atoms with Gasteiger partial charge in [-0.25, -0.2) is 0 Å². The predicted octanol–water partition coefficient (Wildman–Crippen LogP) is 3.77. The van der Waals surface area contributed by atoms with Crippen LogP contribution in [0.5, 0.6) is 0 Å².